The van der Waals surface area contributed by atoms with Crippen molar-refractivity contribution in [2.45, 2.75) is 11.8 Å². The molecule has 0 fully saturated rings. The van der Waals surface area contributed by atoms with Gasteiger partial charge in [0.05, 0.1) is 10.7 Å². The van der Waals surface area contributed by atoms with Gasteiger partial charge in [0, 0.05) is 5.56 Å². The molecular weight excluding hydrogens is 328 g/mol. The van der Waals surface area contributed by atoms with Crippen molar-refractivity contribution in [3.8, 4) is 0 Å². The fourth-order valence-corrected chi connectivity index (χ4v) is 3.81. The number of sulfonamides is 1. The number of nitrogens with one attached hydrogen (secondary N) is 1. The van der Waals surface area contributed by atoms with Gasteiger partial charge in [0.25, 0.3) is 10.0 Å². The molecule has 110 valence electrons. The molecule has 3 N–H and O–H groups in total. The van der Waals surface area contributed by atoms with Gasteiger partial charge in [-0.15, -0.1) is 0 Å². The Bertz CT molecular complexity index is 804. The van der Waals surface area contributed by atoms with Crippen LogP contribution >= 0.6 is 23.8 Å². The van der Waals surface area contributed by atoms with Crippen LogP contribution in [0, 0.1) is 6.92 Å². The number of rotatable bonds is 4. The summed E-state index contributed by atoms with van der Waals surface area (Å²) >= 11 is 10.9. The Morgan fingerprint density at radius 1 is 1.19 bits per heavy atom. The van der Waals surface area contributed by atoms with Crippen molar-refractivity contribution in [3.05, 3.63) is 58.6 Å². The van der Waals surface area contributed by atoms with Gasteiger partial charge in [0.15, 0.2) is 0 Å². The molecule has 2 aromatic rings. The van der Waals surface area contributed by atoms with Crippen LogP contribution in [0.2, 0.25) is 5.02 Å². The van der Waals surface area contributed by atoms with Crippen LogP contribution in [0.25, 0.3) is 0 Å². The van der Waals surface area contributed by atoms with E-state index in [2.05, 4.69) is 4.72 Å². The summed E-state index contributed by atoms with van der Waals surface area (Å²) in [5, 5.41) is 0.148. The molecule has 0 aliphatic heterocycles. The predicted molar refractivity (Wildman–Crippen MR) is 89.3 cm³/mol. The minimum atomic E-state index is -3.81. The van der Waals surface area contributed by atoms with Crippen LogP contribution in [-0.2, 0) is 10.0 Å². The van der Waals surface area contributed by atoms with Crippen molar-refractivity contribution in [2.75, 3.05) is 4.72 Å². The third-order valence-corrected chi connectivity index (χ3v) is 4.96. The van der Waals surface area contributed by atoms with Crippen molar-refractivity contribution in [3.63, 3.8) is 0 Å². The Morgan fingerprint density at radius 3 is 2.48 bits per heavy atom. The molecule has 0 bridgehead atoms. The van der Waals surface area contributed by atoms with Gasteiger partial charge in [-0.25, -0.2) is 8.42 Å². The predicted octanol–water partition coefficient (Wildman–Crippen LogP) is 3.08. The van der Waals surface area contributed by atoms with Crippen molar-refractivity contribution in [1.82, 2.24) is 0 Å². The maximum Gasteiger partial charge on any atom is 0.263 e. The fraction of sp³-hybridized carbons (Fsp3) is 0.0714. The van der Waals surface area contributed by atoms with Crippen LogP contribution in [0.15, 0.2) is 47.4 Å². The second-order valence-corrected chi connectivity index (χ2v) is 6.90. The van der Waals surface area contributed by atoms with E-state index in [1.165, 1.54) is 12.1 Å². The van der Waals surface area contributed by atoms with Crippen molar-refractivity contribution in [2.24, 2.45) is 5.73 Å². The molecule has 0 aliphatic rings. The van der Waals surface area contributed by atoms with Gasteiger partial charge < -0.3 is 5.73 Å². The maximum atomic E-state index is 12.4. The third-order valence-electron chi connectivity index (χ3n) is 2.89. The molecule has 0 heterocycles. The topological polar surface area (TPSA) is 72.2 Å². The Kier molecular flexibility index (Phi) is 4.51. The largest absolute Gasteiger partial charge is 0.389 e. The Labute approximate surface area is 134 Å². The lowest BCUT2D eigenvalue weighted by atomic mass is 10.1. The molecule has 4 nitrogen and oxygen atoms in total. The van der Waals surface area contributed by atoms with Crippen molar-refractivity contribution < 1.29 is 8.42 Å². The van der Waals surface area contributed by atoms with E-state index in [0.29, 0.717) is 11.3 Å². The van der Waals surface area contributed by atoms with E-state index in [1.807, 2.05) is 13.0 Å². The van der Waals surface area contributed by atoms with Crippen molar-refractivity contribution in [1.29, 1.82) is 0 Å². The minimum absolute atomic E-state index is 0.00191. The van der Waals surface area contributed by atoms with Gasteiger partial charge in [0.1, 0.15) is 9.88 Å². The molecular formula is C14H13ClN2O2S2. The number of aryl methyl sites for hydroxylation is 1. The van der Waals surface area contributed by atoms with E-state index >= 15 is 0 Å². The van der Waals surface area contributed by atoms with E-state index in [-0.39, 0.29) is 14.9 Å². The summed E-state index contributed by atoms with van der Waals surface area (Å²) in [6, 6.07) is 11.3. The summed E-state index contributed by atoms with van der Waals surface area (Å²) in [6.07, 6.45) is 0. The van der Waals surface area contributed by atoms with Crippen LogP contribution in [0.4, 0.5) is 5.69 Å². The van der Waals surface area contributed by atoms with Gasteiger partial charge in [-0.2, -0.15) is 0 Å². The fourth-order valence-electron chi connectivity index (χ4n) is 1.94. The first kappa shape index (κ1) is 15.8. The summed E-state index contributed by atoms with van der Waals surface area (Å²) in [4.78, 5) is 0.132. The van der Waals surface area contributed by atoms with Gasteiger partial charge >= 0.3 is 0 Å². The number of hydrogen-bond acceptors (Lipinski definition) is 3. The summed E-state index contributed by atoms with van der Waals surface area (Å²) < 4.78 is 27.3. The Hall–Kier alpha value is -1.63. The third kappa shape index (κ3) is 3.34. The average molecular weight is 341 g/mol. The van der Waals surface area contributed by atoms with E-state index < -0.39 is 10.0 Å². The molecule has 2 rings (SSSR count). The number of hydrogen-bond donors (Lipinski definition) is 2. The molecule has 0 atom stereocenters. The number of nitrogens with two attached hydrogens (primary N) is 1. The average Bonchev–Trinajstić information content (AvgIpc) is 2.38. The first-order chi connectivity index (χ1) is 9.83. The molecule has 0 radical (unpaired) electrons. The van der Waals surface area contributed by atoms with Crippen LogP contribution in [0.1, 0.15) is 11.1 Å². The zero-order valence-electron chi connectivity index (χ0n) is 11.1. The van der Waals surface area contributed by atoms with Crippen molar-refractivity contribution >= 4 is 44.5 Å². The van der Waals surface area contributed by atoms with Gasteiger partial charge in [0.2, 0.25) is 0 Å². The summed E-state index contributed by atoms with van der Waals surface area (Å²) in [5.41, 5.74) is 7.31. The van der Waals surface area contributed by atoms with E-state index in [9.17, 15) is 8.42 Å². The Balaban J connectivity index is 2.50. The Morgan fingerprint density at radius 2 is 1.86 bits per heavy atom. The second kappa shape index (κ2) is 6.01. The van der Waals surface area contributed by atoms with Crippen LogP contribution < -0.4 is 10.5 Å². The normalized spacial score (nSPS) is 11.1. The number of halogens is 1. The zero-order valence-corrected chi connectivity index (χ0v) is 13.5. The van der Waals surface area contributed by atoms with E-state index in [0.717, 1.165) is 5.56 Å². The molecule has 7 heteroatoms. The van der Waals surface area contributed by atoms with Gasteiger partial charge in [-0.05, 0) is 30.7 Å². The first-order valence-electron chi connectivity index (χ1n) is 5.99. The molecule has 0 spiro atoms. The van der Waals surface area contributed by atoms with E-state index in [1.54, 1.807) is 24.3 Å². The highest BCUT2D eigenvalue weighted by Gasteiger charge is 2.20. The molecule has 0 saturated heterocycles. The highest BCUT2D eigenvalue weighted by atomic mass is 35.5. The number of anilines is 1. The first-order valence-corrected chi connectivity index (χ1v) is 8.26. The highest BCUT2D eigenvalue weighted by molar-refractivity contribution is 7.92. The molecule has 0 amide bonds. The summed E-state index contributed by atoms with van der Waals surface area (Å²) in [7, 11) is -3.81. The van der Waals surface area contributed by atoms with Gasteiger partial charge in [-0.1, -0.05) is 48.1 Å². The molecule has 0 unspecified atom stereocenters. The second-order valence-electron chi connectivity index (χ2n) is 4.40. The lowest BCUT2D eigenvalue weighted by Crippen LogP contribution is -2.19. The van der Waals surface area contributed by atoms with E-state index in [4.69, 9.17) is 29.6 Å². The molecule has 0 aromatic heterocycles. The highest BCUT2D eigenvalue weighted by Crippen LogP contribution is 2.26. The van der Waals surface area contributed by atoms with Crippen LogP contribution in [0.5, 0.6) is 0 Å². The number of thiocarbonyl (C=S) groups is 1. The monoisotopic (exact) mass is 340 g/mol. The lowest BCUT2D eigenvalue weighted by Gasteiger charge is -2.14. The lowest BCUT2D eigenvalue weighted by molar-refractivity contribution is 0.601. The number of benzene rings is 2. The zero-order chi connectivity index (χ0) is 15.6. The quantitative estimate of drug-likeness (QED) is 0.839. The smallest absolute Gasteiger partial charge is 0.263 e. The van der Waals surface area contributed by atoms with Crippen LogP contribution in [0.3, 0.4) is 0 Å². The minimum Gasteiger partial charge on any atom is -0.389 e. The molecule has 0 saturated carbocycles. The maximum absolute atomic E-state index is 12.4. The van der Waals surface area contributed by atoms with Crippen LogP contribution in [-0.4, -0.2) is 13.4 Å². The summed E-state index contributed by atoms with van der Waals surface area (Å²) in [6.45, 7) is 1.81. The SMILES string of the molecule is Cc1cccc(NS(=O)(=O)c2ccccc2Cl)c1C(N)=S. The standard InChI is InChI=1S/C14H13ClN2O2S2/c1-9-5-4-7-11(13(9)14(16)20)17-21(18,19)12-8-3-2-6-10(12)15/h2-8,17H,1H3,(H2,16,20). The molecule has 2 aromatic carbocycles. The van der Waals surface area contributed by atoms with Gasteiger partial charge in [-0.3, -0.25) is 4.72 Å². The molecule has 0 aliphatic carbocycles. The molecule has 21 heavy (non-hydrogen) atoms. The summed E-state index contributed by atoms with van der Waals surface area (Å²) in [5.74, 6) is 0.